The zero-order valence-corrected chi connectivity index (χ0v) is 19.9. The zero-order chi connectivity index (χ0) is 23.4. The molecule has 1 aliphatic rings. The number of aromatic nitrogens is 3. The van der Waals surface area contributed by atoms with Crippen molar-refractivity contribution < 1.29 is 9.53 Å². The summed E-state index contributed by atoms with van der Waals surface area (Å²) in [5.41, 5.74) is 2.58. The molecule has 1 fully saturated rings. The van der Waals surface area contributed by atoms with Gasteiger partial charge in [0.25, 0.3) is 5.91 Å². The first-order chi connectivity index (χ1) is 15.9. The molecular formula is C23H24Cl2N6O2. The number of morpholine rings is 1. The Morgan fingerprint density at radius 1 is 1.09 bits per heavy atom. The summed E-state index contributed by atoms with van der Waals surface area (Å²) in [4.78, 5) is 28.4. The number of amides is 1. The van der Waals surface area contributed by atoms with Gasteiger partial charge >= 0.3 is 0 Å². The lowest BCUT2D eigenvalue weighted by molar-refractivity contribution is 0.102. The molecule has 0 atom stereocenters. The first-order valence-electron chi connectivity index (χ1n) is 10.6. The molecule has 2 N–H and O–H groups in total. The Balaban J connectivity index is 1.51. The van der Waals surface area contributed by atoms with Crippen LogP contribution >= 0.6 is 23.2 Å². The molecular weight excluding hydrogens is 463 g/mol. The number of nitrogens with one attached hydrogen (secondary N) is 2. The first kappa shape index (κ1) is 23.2. The monoisotopic (exact) mass is 486 g/mol. The Labute approximate surface area is 202 Å². The maximum absolute atomic E-state index is 12.8. The van der Waals surface area contributed by atoms with Crippen molar-refractivity contribution in [3.63, 3.8) is 0 Å². The van der Waals surface area contributed by atoms with E-state index in [0.717, 1.165) is 30.8 Å². The van der Waals surface area contributed by atoms with Crippen LogP contribution in [-0.2, 0) is 11.2 Å². The van der Waals surface area contributed by atoms with Crippen LogP contribution in [0.5, 0.6) is 0 Å². The van der Waals surface area contributed by atoms with E-state index >= 15 is 0 Å². The molecule has 0 spiro atoms. The summed E-state index contributed by atoms with van der Waals surface area (Å²) in [6.07, 6.45) is 2.37. The number of pyridine rings is 1. The summed E-state index contributed by atoms with van der Waals surface area (Å²) in [6, 6.07) is 8.75. The number of nitrogens with zero attached hydrogens (tertiary/aromatic N) is 4. The smallest absolute Gasteiger partial charge is 0.258 e. The number of aryl methyl sites for hydroxylation is 2. The molecule has 10 heteroatoms. The average molecular weight is 487 g/mol. The lowest BCUT2D eigenvalue weighted by Gasteiger charge is -2.27. The van der Waals surface area contributed by atoms with Crippen LogP contribution < -0.4 is 15.5 Å². The van der Waals surface area contributed by atoms with Crippen molar-refractivity contribution in [3.05, 3.63) is 63.4 Å². The fraction of sp³-hybridized carbons (Fsp3) is 0.304. The second-order valence-corrected chi connectivity index (χ2v) is 8.41. The third kappa shape index (κ3) is 5.71. The van der Waals surface area contributed by atoms with Gasteiger partial charge in [-0.15, -0.1) is 0 Å². The summed E-state index contributed by atoms with van der Waals surface area (Å²) >= 11 is 12.6. The van der Waals surface area contributed by atoms with Gasteiger partial charge in [-0.2, -0.15) is 4.98 Å². The predicted molar refractivity (Wildman–Crippen MR) is 131 cm³/mol. The molecule has 0 bridgehead atoms. The van der Waals surface area contributed by atoms with Crippen molar-refractivity contribution in [2.75, 3.05) is 41.8 Å². The van der Waals surface area contributed by atoms with Gasteiger partial charge in [-0.3, -0.25) is 4.79 Å². The van der Waals surface area contributed by atoms with E-state index in [4.69, 9.17) is 27.9 Å². The number of hydrogen-bond acceptors (Lipinski definition) is 7. The third-order valence-corrected chi connectivity index (χ3v) is 5.74. The summed E-state index contributed by atoms with van der Waals surface area (Å²) in [5, 5.41) is 6.66. The topological polar surface area (TPSA) is 92.3 Å². The Bertz CT molecular complexity index is 1140. The van der Waals surface area contributed by atoms with Crippen molar-refractivity contribution in [2.45, 2.75) is 20.3 Å². The molecule has 0 saturated carbocycles. The van der Waals surface area contributed by atoms with Crippen LogP contribution in [0.25, 0.3) is 0 Å². The number of rotatable bonds is 6. The highest BCUT2D eigenvalue weighted by Crippen LogP contribution is 2.28. The molecule has 33 heavy (non-hydrogen) atoms. The van der Waals surface area contributed by atoms with Crippen molar-refractivity contribution >= 4 is 52.4 Å². The highest BCUT2D eigenvalue weighted by molar-refractivity contribution is 6.40. The van der Waals surface area contributed by atoms with Gasteiger partial charge in [-0.1, -0.05) is 30.1 Å². The molecule has 3 heterocycles. The lowest BCUT2D eigenvalue weighted by Crippen LogP contribution is -2.37. The van der Waals surface area contributed by atoms with Gasteiger partial charge in [0.15, 0.2) is 0 Å². The molecule has 0 aliphatic carbocycles. The largest absolute Gasteiger partial charge is 0.378 e. The highest BCUT2D eigenvalue weighted by atomic mass is 35.5. The van der Waals surface area contributed by atoms with E-state index in [-0.39, 0.29) is 5.56 Å². The summed E-state index contributed by atoms with van der Waals surface area (Å²) in [7, 11) is 0. The van der Waals surface area contributed by atoms with E-state index in [9.17, 15) is 4.79 Å². The number of anilines is 4. The number of halogens is 2. The van der Waals surface area contributed by atoms with Crippen molar-refractivity contribution in [3.8, 4) is 0 Å². The highest BCUT2D eigenvalue weighted by Gasteiger charge is 2.17. The van der Waals surface area contributed by atoms with Crippen LogP contribution in [0.2, 0.25) is 10.0 Å². The molecule has 1 aromatic carbocycles. The van der Waals surface area contributed by atoms with E-state index in [1.807, 2.05) is 19.9 Å². The minimum atomic E-state index is -0.391. The summed E-state index contributed by atoms with van der Waals surface area (Å²) in [6.45, 7) is 6.70. The van der Waals surface area contributed by atoms with Crippen molar-refractivity contribution in [2.24, 2.45) is 0 Å². The molecule has 172 valence electrons. The maximum atomic E-state index is 12.8. The molecule has 0 radical (unpaired) electrons. The third-order valence-electron chi connectivity index (χ3n) is 5.15. The van der Waals surface area contributed by atoms with Gasteiger partial charge in [0.2, 0.25) is 5.95 Å². The number of hydrogen-bond donors (Lipinski definition) is 2. The first-order valence-corrected chi connectivity index (χ1v) is 11.4. The molecule has 1 aliphatic heterocycles. The zero-order valence-electron chi connectivity index (χ0n) is 18.4. The lowest BCUT2D eigenvalue weighted by atomic mass is 10.1. The Morgan fingerprint density at radius 2 is 1.82 bits per heavy atom. The van der Waals surface area contributed by atoms with Gasteiger partial charge in [0.05, 0.1) is 28.8 Å². The van der Waals surface area contributed by atoms with Crippen LogP contribution in [0.1, 0.15) is 28.5 Å². The molecule has 8 nitrogen and oxygen atoms in total. The van der Waals surface area contributed by atoms with Gasteiger partial charge < -0.3 is 20.3 Å². The van der Waals surface area contributed by atoms with E-state index in [2.05, 4.69) is 30.5 Å². The maximum Gasteiger partial charge on any atom is 0.258 e. The van der Waals surface area contributed by atoms with E-state index in [1.165, 1.54) is 0 Å². The number of benzene rings is 1. The van der Waals surface area contributed by atoms with Crippen LogP contribution in [0.15, 0.2) is 36.5 Å². The fourth-order valence-electron chi connectivity index (χ4n) is 3.47. The molecule has 0 unspecified atom stereocenters. The number of carbonyl (C=O) groups excluding carboxylic acids is 1. The van der Waals surface area contributed by atoms with Gasteiger partial charge in [0.1, 0.15) is 11.6 Å². The van der Waals surface area contributed by atoms with E-state index < -0.39 is 5.91 Å². The normalized spacial score (nSPS) is 13.6. The molecule has 1 saturated heterocycles. The van der Waals surface area contributed by atoms with Crippen molar-refractivity contribution in [1.82, 2.24) is 15.0 Å². The van der Waals surface area contributed by atoms with Crippen LogP contribution in [-0.4, -0.2) is 47.2 Å². The van der Waals surface area contributed by atoms with Gasteiger partial charge in [-0.05, 0) is 37.1 Å². The molecule has 2 aromatic heterocycles. The van der Waals surface area contributed by atoms with Gasteiger partial charge in [-0.25, -0.2) is 9.97 Å². The summed E-state index contributed by atoms with van der Waals surface area (Å²) in [5.74, 6) is 1.39. The minimum absolute atomic E-state index is 0.239. The Kier molecular flexibility index (Phi) is 7.27. The Morgan fingerprint density at radius 3 is 2.52 bits per heavy atom. The van der Waals surface area contributed by atoms with Crippen LogP contribution in [0.4, 0.5) is 23.3 Å². The Hall–Kier alpha value is -2.94. The van der Waals surface area contributed by atoms with E-state index in [0.29, 0.717) is 46.5 Å². The fourth-order valence-corrected chi connectivity index (χ4v) is 4.17. The van der Waals surface area contributed by atoms with Gasteiger partial charge in [0, 0.05) is 42.8 Å². The van der Waals surface area contributed by atoms with Crippen LogP contribution in [0, 0.1) is 6.92 Å². The van der Waals surface area contributed by atoms with E-state index in [1.54, 1.807) is 30.5 Å². The average Bonchev–Trinajstić information content (AvgIpc) is 2.79. The predicted octanol–water partition coefficient (Wildman–Crippen LogP) is 4.88. The molecule has 1 amide bonds. The quantitative estimate of drug-likeness (QED) is 0.512. The second-order valence-electron chi connectivity index (χ2n) is 7.59. The molecule has 3 aromatic rings. The number of carbonyl (C=O) groups is 1. The minimum Gasteiger partial charge on any atom is -0.378 e. The second kappa shape index (κ2) is 10.3. The summed E-state index contributed by atoms with van der Waals surface area (Å²) < 4.78 is 5.41. The standard InChI is InChI=1S/C23H24Cl2N6O2/c1-3-15-11-17(24)21(18(25)12-15)22(32)28-16-4-5-26-19(13-16)29-20-10-14(2)27-23(30-20)31-6-8-33-9-7-31/h4-5,10-13H,3,6-9H2,1-2H3,(H2,26,27,28,29,30,32). The number of ether oxygens (including phenoxy) is 1. The van der Waals surface area contributed by atoms with Crippen molar-refractivity contribution in [1.29, 1.82) is 0 Å². The SMILES string of the molecule is CCc1cc(Cl)c(C(=O)Nc2ccnc(Nc3cc(C)nc(N4CCOCC4)n3)c2)c(Cl)c1. The van der Waals surface area contributed by atoms with Crippen LogP contribution in [0.3, 0.4) is 0 Å². The molecule has 4 rings (SSSR count).